The zero-order chi connectivity index (χ0) is 19.1. The SMILES string of the molecule is CCNC(=NCCC1CCN(C)CC1)NC1CCN(c2ncccc2F)C1.I. The topological polar surface area (TPSA) is 55.8 Å². The maximum absolute atomic E-state index is 14.0. The van der Waals surface area contributed by atoms with E-state index in [2.05, 4.69) is 34.5 Å². The van der Waals surface area contributed by atoms with Crippen molar-refractivity contribution in [1.29, 1.82) is 0 Å². The number of hydrogen-bond donors (Lipinski definition) is 2. The normalized spacial score (nSPS) is 21.5. The Hall–Kier alpha value is -1.16. The van der Waals surface area contributed by atoms with E-state index in [1.165, 1.54) is 32.0 Å². The maximum atomic E-state index is 14.0. The van der Waals surface area contributed by atoms with Gasteiger partial charge in [0.05, 0.1) is 0 Å². The van der Waals surface area contributed by atoms with Crippen molar-refractivity contribution in [2.24, 2.45) is 10.9 Å². The summed E-state index contributed by atoms with van der Waals surface area (Å²) in [5.74, 6) is 1.86. The van der Waals surface area contributed by atoms with Crippen LogP contribution in [0.3, 0.4) is 0 Å². The molecule has 2 aliphatic heterocycles. The van der Waals surface area contributed by atoms with Crippen LogP contribution in [0.5, 0.6) is 0 Å². The number of halogens is 2. The number of rotatable bonds is 6. The zero-order valence-corrected chi connectivity index (χ0v) is 19.4. The Kier molecular flexibility index (Phi) is 9.70. The minimum Gasteiger partial charge on any atom is -0.357 e. The van der Waals surface area contributed by atoms with Crippen LogP contribution in [0, 0.1) is 11.7 Å². The van der Waals surface area contributed by atoms with Crippen LogP contribution in [-0.2, 0) is 0 Å². The highest BCUT2D eigenvalue weighted by Crippen LogP contribution is 2.21. The lowest BCUT2D eigenvalue weighted by atomic mass is 9.94. The van der Waals surface area contributed by atoms with E-state index >= 15 is 0 Å². The van der Waals surface area contributed by atoms with Crippen LogP contribution in [0.4, 0.5) is 10.2 Å². The first-order chi connectivity index (χ1) is 13.2. The standard InChI is InChI=1S/C20H33FN6.HI/c1-3-22-20(24-11-6-16-7-12-26(2)13-8-16)25-17-9-14-27(15-17)19-18(21)5-4-10-23-19;/h4-5,10,16-17H,3,6-9,11-15H2,1-2H3,(H2,22,24,25);1H. The number of hydrogen-bond acceptors (Lipinski definition) is 4. The van der Waals surface area contributed by atoms with Gasteiger partial charge in [0, 0.05) is 38.4 Å². The smallest absolute Gasteiger partial charge is 0.191 e. The molecule has 0 aliphatic carbocycles. The van der Waals surface area contributed by atoms with Crippen molar-refractivity contribution in [2.75, 3.05) is 51.2 Å². The Morgan fingerprint density at radius 2 is 2.07 bits per heavy atom. The molecule has 6 nitrogen and oxygen atoms in total. The van der Waals surface area contributed by atoms with Crippen LogP contribution in [0.2, 0.25) is 0 Å². The molecule has 1 atom stereocenters. The fraction of sp³-hybridized carbons (Fsp3) is 0.700. The Morgan fingerprint density at radius 3 is 2.79 bits per heavy atom. The van der Waals surface area contributed by atoms with E-state index < -0.39 is 0 Å². The first-order valence-electron chi connectivity index (χ1n) is 10.2. The molecule has 0 bridgehead atoms. The summed E-state index contributed by atoms with van der Waals surface area (Å²) in [5.41, 5.74) is 0. The van der Waals surface area contributed by atoms with Crippen LogP contribution in [0.15, 0.2) is 23.3 Å². The van der Waals surface area contributed by atoms with Crippen LogP contribution < -0.4 is 15.5 Å². The molecular formula is C20H34FIN6. The number of nitrogens with zero attached hydrogens (tertiary/aromatic N) is 4. The summed E-state index contributed by atoms with van der Waals surface area (Å²) in [6.45, 7) is 7.73. The Bertz CT molecular complexity index is 620. The molecule has 1 aromatic rings. The van der Waals surface area contributed by atoms with Gasteiger partial charge in [-0.3, -0.25) is 4.99 Å². The molecule has 158 valence electrons. The van der Waals surface area contributed by atoms with Crippen LogP contribution in [0.1, 0.15) is 32.6 Å². The number of piperidine rings is 1. The van der Waals surface area contributed by atoms with Crippen molar-refractivity contribution in [3.63, 3.8) is 0 Å². The Morgan fingerprint density at radius 1 is 1.29 bits per heavy atom. The third-order valence-electron chi connectivity index (χ3n) is 5.56. The Labute approximate surface area is 185 Å². The van der Waals surface area contributed by atoms with E-state index in [-0.39, 0.29) is 35.8 Å². The van der Waals surface area contributed by atoms with E-state index in [9.17, 15) is 4.39 Å². The molecule has 0 radical (unpaired) electrons. The van der Waals surface area contributed by atoms with Gasteiger partial charge in [-0.1, -0.05) is 0 Å². The highest BCUT2D eigenvalue weighted by molar-refractivity contribution is 14.0. The second-order valence-corrected chi connectivity index (χ2v) is 7.68. The van der Waals surface area contributed by atoms with Gasteiger partial charge in [-0.15, -0.1) is 24.0 Å². The summed E-state index contributed by atoms with van der Waals surface area (Å²) in [6.07, 6.45) is 6.32. The molecule has 8 heteroatoms. The predicted molar refractivity (Wildman–Crippen MR) is 124 cm³/mol. The van der Waals surface area contributed by atoms with Crippen molar-refractivity contribution >= 4 is 35.8 Å². The number of guanidine groups is 1. The maximum Gasteiger partial charge on any atom is 0.191 e. The third-order valence-corrected chi connectivity index (χ3v) is 5.56. The van der Waals surface area contributed by atoms with Gasteiger partial charge in [-0.2, -0.15) is 0 Å². The molecule has 1 unspecified atom stereocenters. The molecule has 1 aromatic heterocycles. The van der Waals surface area contributed by atoms with Crippen molar-refractivity contribution in [3.05, 3.63) is 24.1 Å². The summed E-state index contributed by atoms with van der Waals surface area (Å²) < 4.78 is 14.0. The number of likely N-dealkylation sites (tertiary alicyclic amines) is 1. The second kappa shape index (κ2) is 11.7. The molecule has 0 saturated carbocycles. The lowest BCUT2D eigenvalue weighted by molar-refractivity contribution is 0.214. The summed E-state index contributed by atoms with van der Waals surface area (Å²) in [5, 5.41) is 6.86. The number of aromatic nitrogens is 1. The van der Waals surface area contributed by atoms with Crippen molar-refractivity contribution in [2.45, 2.75) is 38.6 Å². The lowest BCUT2D eigenvalue weighted by Crippen LogP contribution is -2.44. The molecule has 28 heavy (non-hydrogen) atoms. The minimum absolute atomic E-state index is 0. The number of aliphatic imine (C=N–C) groups is 1. The summed E-state index contributed by atoms with van der Waals surface area (Å²) in [7, 11) is 2.20. The quantitative estimate of drug-likeness (QED) is 0.355. The number of anilines is 1. The van der Waals surface area contributed by atoms with Gasteiger partial charge in [0.15, 0.2) is 17.6 Å². The van der Waals surface area contributed by atoms with Crippen LogP contribution in [0.25, 0.3) is 0 Å². The first-order valence-corrected chi connectivity index (χ1v) is 10.2. The van der Waals surface area contributed by atoms with E-state index in [4.69, 9.17) is 4.99 Å². The van der Waals surface area contributed by atoms with Gasteiger partial charge in [0.2, 0.25) is 0 Å². The lowest BCUT2D eigenvalue weighted by Gasteiger charge is -2.28. The van der Waals surface area contributed by atoms with E-state index in [0.717, 1.165) is 50.9 Å². The molecule has 3 rings (SSSR count). The average molecular weight is 504 g/mol. The fourth-order valence-electron chi connectivity index (χ4n) is 3.90. The molecule has 0 amide bonds. The molecule has 2 aliphatic rings. The molecule has 0 aromatic carbocycles. The summed E-state index contributed by atoms with van der Waals surface area (Å²) in [6, 6.07) is 3.36. The molecule has 0 spiro atoms. The van der Waals surface area contributed by atoms with Crippen LogP contribution >= 0.6 is 24.0 Å². The average Bonchev–Trinajstić information content (AvgIpc) is 3.12. The van der Waals surface area contributed by atoms with E-state index in [0.29, 0.717) is 5.82 Å². The molecule has 2 fully saturated rings. The summed E-state index contributed by atoms with van der Waals surface area (Å²) >= 11 is 0. The van der Waals surface area contributed by atoms with Crippen molar-refractivity contribution < 1.29 is 4.39 Å². The van der Waals surface area contributed by atoms with Gasteiger partial charge in [-0.05, 0) is 70.8 Å². The van der Waals surface area contributed by atoms with E-state index in [1.807, 2.05) is 4.90 Å². The predicted octanol–water partition coefficient (Wildman–Crippen LogP) is 2.70. The largest absolute Gasteiger partial charge is 0.357 e. The fourth-order valence-corrected chi connectivity index (χ4v) is 3.90. The van der Waals surface area contributed by atoms with Crippen LogP contribution in [-0.4, -0.2) is 68.2 Å². The molecule has 3 heterocycles. The first kappa shape index (κ1) is 23.1. The van der Waals surface area contributed by atoms with Crippen molar-refractivity contribution in [3.8, 4) is 0 Å². The third kappa shape index (κ3) is 6.72. The van der Waals surface area contributed by atoms with Gasteiger partial charge in [0.1, 0.15) is 0 Å². The van der Waals surface area contributed by atoms with E-state index in [1.54, 1.807) is 12.3 Å². The monoisotopic (exact) mass is 504 g/mol. The molecule has 2 saturated heterocycles. The highest BCUT2D eigenvalue weighted by atomic mass is 127. The Balaban J connectivity index is 0.00000280. The van der Waals surface area contributed by atoms with Gasteiger partial charge < -0.3 is 20.4 Å². The number of nitrogens with one attached hydrogen (secondary N) is 2. The molecular weight excluding hydrogens is 470 g/mol. The zero-order valence-electron chi connectivity index (χ0n) is 17.0. The second-order valence-electron chi connectivity index (χ2n) is 7.68. The summed E-state index contributed by atoms with van der Waals surface area (Å²) in [4.78, 5) is 13.4. The minimum atomic E-state index is -0.253. The number of pyridine rings is 1. The van der Waals surface area contributed by atoms with Crippen molar-refractivity contribution in [1.82, 2.24) is 20.5 Å². The molecule has 2 N–H and O–H groups in total. The highest BCUT2D eigenvalue weighted by Gasteiger charge is 2.26. The van der Waals surface area contributed by atoms with Gasteiger partial charge >= 0.3 is 0 Å². The van der Waals surface area contributed by atoms with Gasteiger partial charge in [0.25, 0.3) is 0 Å². The van der Waals surface area contributed by atoms with Gasteiger partial charge in [-0.25, -0.2) is 9.37 Å².